The van der Waals surface area contributed by atoms with Crippen molar-refractivity contribution in [2.75, 3.05) is 12.3 Å². The van der Waals surface area contributed by atoms with Crippen molar-refractivity contribution in [1.82, 2.24) is 10.3 Å². The molecule has 21 heavy (non-hydrogen) atoms. The number of rotatable bonds is 6. The van der Waals surface area contributed by atoms with E-state index < -0.39 is 11.5 Å². The van der Waals surface area contributed by atoms with Gasteiger partial charge in [-0.1, -0.05) is 18.2 Å². The summed E-state index contributed by atoms with van der Waals surface area (Å²) in [6.45, 7) is 0.423. The first-order valence-corrected chi connectivity index (χ1v) is 7.61. The number of pyridine rings is 1. The monoisotopic (exact) mass is 306 g/mol. The Morgan fingerprint density at radius 2 is 2.05 bits per heavy atom. The van der Waals surface area contributed by atoms with Crippen LogP contribution in [0.3, 0.4) is 0 Å². The number of H-pyrrole nitrogens is 1. The van der Waals surface area contributed by atoms with E-state index in [1.807, 2.05) is 0 Å². The summed E-state index contributed by atoms with van der Waals surface area (Å²) in [4.78, 5) is 25.6. The molecule has 6 heteroatoms. The highest BCUT2D eigenvalue weighted by Crippen LogP contribution is 2.14. The number of nitrogens with one attached hydrogen (secondary N) is 2. The van der Waals surface area contributed by atoms with Gasteiger partial charge < -0.3 is 10.3 Å². The number of carbonyl (C=O) groups is 1. The fraction of sp³-hybridized carbons (Fsp3) is 0.200. The minimum Gasteiger partial charge on any atom is -0.351 e. The van der Waals surface area contributed by atoms with Crippen LogP contribution in [0.5, 0.6) is 0 Å². The van der Waals surface area contributed by atoms with Crippen molar-refractivity contribution < 1.29 is 9.18 Å². The molecule has 0 saturated carbocycles. The molecule has 0 aliphatic rings. The predicted octanol–water partition coefficient (Wildman–Crippen LogP) is 2.18. The summed E-state index contributed by atoms with van der Waals surface area (Å²) in [5.41, 5.74) is 0.332. The number of benzene rings is 1. The minimum absolute atomic E-state index is 0.0941. The first-order chi connectivity index (χ1) is 10.2. The SMILES string of the molecule is O=C(NCCSCc1ccccc1F)c1ccc[nH]c1=O. The van der Waals surface area contributed by atoms with Gasteiger partial charge >= 0.3 is 0 Å². The Hall–Kier alpha value is -2.08. The van der Waals surface area contributed by atoms with Crippen LogP contribution in [0.25, 0.3) is 0 Å². The quantitative estimate of drug-likeness (QED) is 0.804. The molecule has 110 valence electrons. The molecule has 4 nitrogen and oxygen atoms in total. The molecular formula is C15H15FN2O2S. The third-order valence-electron chi connectivity index (χ3n) is 2.81. The smallest absolute Gasteiger partial charge is 0.260 e. The Balaban J connectivity index is 1.73. The first-order valence-electron chi connectivity index (χ1n) is 6.45. The van der Waals surface area contributed by atoms with Gasteiger partial charge in [-0.2, -0.15) is 11.8 Å². The zero-order valence-electron chi connectivity index (χ0n) is 11.3. The summed E-state index contributed by atoms with van der Waals surface area (Å²) in [5.74, 6) is 0.576. The van der Waals surface area contributed by atoms with Crippen LogP contribution in [0.2, 0.25) is 0 Å². The Morgan fingerprint density at radius 1 is 1.24 bits per heavy atom. The molecular weight excluding hydrogens is 291 g/mol. The predicted molar refractivity (Wildman–Crippen MR) is 82.0 cm³/mol. The number of aromatic amines is 1. The molecule has 0 aliphatic heterocycles. The molecule has 1 amide bonds. The summed E-state index contributed by atoms with van der Waals surface area (Å²) in [6, 6.07) is 9.69. The minimum atomic E-state index is -0.408. The highest BCUT2D eigenvalue weighted by atomic mass is 32.2. The molecule has 0 fully saturated rings. The summed E-state index contributed by atoms with van der Waals surface area (Å²) < 4.78 is 13.4. The molecule has 0 spiro atoms. The van der Waals surface area contributed by atoms with Gasteiger partial charge in [-0.05, 0) is 23.8 Å². The lowest BCUT2D eigenvalue weighted by Crippen LogP contribution is -2.30. The zero-order valence-corrected chi connectivity index (χ0v) is 12.1. The Bertz CT molecular complexity index is 672. The van der Waals surface area contributed by atoms with Gasteiger partial charge in [0.2, 0.25) is 0 Å². The standard InChI is InChI=1S/C15H15FN2O2S/c16-13-6-2-1-4-11(13)10-21-9-8-18-15(20)12-5-3-7-17-14(12)19/h1-7H,8-10H2,(H,17,19)(H,18,20). The molecule has 0 aliphatic carbocycles. The van der Waals surface area contributed by atoms with Crippen LogP contribution in [-0.4, -0.2) is 23.2 Å². The van der Waals surface area contributed by atoms with Gasteiger partial charge in [0.25, 0.3) is 11.5 Å². The Kier molecular flexibility index (Phi) is 5.57. The molecule has 1 heterocycles. The maximum atomic E-state index is 13.4. The number of halogens is 1. The lowest BCUT2D eigenvalue weighted by Gasteiger charge is -2.05. The van der Waals surface area contributed by atoms with Gasteiger partial charge in [-0.25, -0.2) is 4.39 Å². The summed E-state index contributed by atoms with van der Waals surface area (Å²) in [5, 5.41) is 2.67. The fourth-order valence-corrected chi connectivity index (χ4v) is 2.57. The molecule has 0 radical (unpaired) electrons. The average Bonchev–Trinajstić information content (AvgIpc) is 2.49. The first kappa shape index (κ1) is 15.3. The van der Waals surface area contributed by atoms with Crippen molar-refractivity contribution in [3.8, 4) is 0 Å². The van der Waals surface area contributed by atoms with Gasteiger partial charge in [-0.3, -0.25) is 9.59 Å². The maximum absolute atomic E-state index is 13.4. The van der Waals surface area contributed by atoms with Gasteiger partial charge in [0.1, 0.15) is 11.4 Å². The Morgan fingerprint density at radius 3 is 2.81 bits per heavy atom. The second kappa shape index (κ2) is 7.64. The molecule has 1 aromatic carbocycles. The fourth-order valence-electron chi connectivity index (χ4n) is 1.73. The molecule has 2 aromatic rings. The molecule has 0 unspecified atom stereocenters. The van der Waals surface area contributed by atoms with E-state index in [2.05, 4.69) is 10.3 Å². The largest absolute Gasteiger partial charge is 0.351 e. The zero-order chi connectivity index (χ0) is 15.1. The van der Waals surface area contributed by atoms with Crippen molar-refractivity contribution in [2.24, 2.45) is 0 Å². The molecule has 2 N–H and O–H groups in total. The number of aromatic nitrogens is 1. The highest BCUT2D eigenvalue weighted by Gasteiger charge is 2.08. The van der Waals surface area contributed by atoms with E-state index in [1.165, 1.54) is 30.1 Å². The highest BCUT2D eigenvalue weighted by molar-refractivity contribution is 7.98. The molecule has 0 saturated heterocycles. The van der Waals surface area contributed by atoms with Gasteiger partial charge in [0, 0.05) is 24.2 Å². The number of amides is 1. The second-order valence-corrected chi connectivity index (χ2v) is 5.42. The normalized spacial score (nSPS) is 10.3. The van der Waals surface area contributed by atoms with Gasteiger partial charge in [-0.15, -0.1) is 0 Å². The van der Waals surface area contributed by atoms with E-state index >= 15 is 0 Å². The van der Waals surface area contributed by atoms with Crippen LogP contribution in [0.4, 0.5) is 4.39 Å². The Labute approximate surface area is 125 Å². The van der Waals surface area contributed by atoms with Crippen LogP contribution in [-0.2, 0) is 5.75 Å². The van der Waals surface area contributed by atoms with E-state index in [9.17, 15) is 14.0 Å². The molecule has 2 rings (SSSR count). The topological polar surface area (TPSA) is 62.0 Å². The van der Waals surface area contributed by atoms with E-state index in [0.717, 1.165) is 0 Å². The van der Waals surface area contributed by atoms with E-state index in [0.29, 0.717) is 23.6 Å². The average molecular weight is 306 g/mol. The van der Waals surface area contributed by atoms with Crippen molar-refractivity contribution in [3.05, 3.63) is 69.9 Å². The van der Waals surface area contributed by atoms with Crippen LogP contribution < -0.4 is 10.9 Å². The third-order valence-corrected chi connectivity index (χ3v) is 3.82. The van der Waals surface area contributed by atoms with Crippen molar-refractivity contribution >= 4 is 17.7 Å². The maximum Gasteiger partial charge on any atom is 0.260 e. The lowest BCUT2D eigenvalue weighted by molar-refractivity contribution is 0.0954. The van der Waals surface area contributed by atoms with Crippen LogP contribution in [0.15, 0.2) is 47.4 Å². The van der Waals surface area contributed by atoms with Crippen molar-refractivity contribution in [1.29, 1.82) is 0 Å². The molecule has 1 aromatic heterocycles. The van der Waals surface area contributed by atoms with Crippen molar-refractivity contribution in [3.63, 3.8) is 0 Å². The molecule has 0 atom stereocenters. The van der Waals surface area contributed by atoms with E-state index in [4.69, 9.17) is 0 Å². The van der Waals surface area contributed by atoms with Crippen molar-refractivity contribution in [2.45, 2.75) is 5.75 Å². The third kappa shape index (κ3) is 4.46. The van der Waals surface area contributed by atoms with Crippen LogP contribution in [0.1, 0.15) is 15.9 Å². The lowest BCUT2D eigenvalue weighted by atomic mass is 10.2. The summed E-state index contributed by atoms with van der Waals surface area (Å²) >= 11 is 1.52. The van der Waals surface area contributed by atoms with Crippen LogP contribution >= 0.6 is 11.8 Å². The summed E-state index contributed by atoms with van der Waals surface area (Å²) in [7, 11) is 0. The molecule has 0 bridgehead atoms. The number of carbonyl (C=O) groups excluding carboxylic acids is 1. The van der Waals surface area contributed by atoms with Gasteiger partial charge in [0.15, 0.2) is 0 Å². The number of hydrogen-bond donors (Lipinski definition) is 2. The second-order valence-electron chi connectivity index (χ2n) is 4.31. The van der Waals surface area contributed by atoms with Gasteiger partial charge in [0.05, 0.1) is 0 Å². The van der Waals surface area contributed by atoms with Crippen LogP contribution in [0, 0.1) is 5.82 Å². The summed E-state index contributed by atoms with van der Waals surface area (Å²) in [6.07, 6.45) is 1.48. The van der Waals surface area contributed by atoms with E-state index in [1.54, 1.807) is 24.3 Å². The number of thioether (sulfide) groups is 1. The number of hydrogen-bond acceptors (Lipinski definition) is 3. The van der Waals surface area contributed by atoms with E-state index in [-0.39, 0.29) is 11.4 Å².